The van der Waals surface area contributed by atoms with E-state index in [4.69, 9.17) is 18.9 Å². The Labute approximate surface area is 261 Å². The number of carbonyl (C=O) groups excluding carboxylic acids is 8. The predicted molar refractivity (Wildman–Crippen MR) is 150 cm³/mol. The van der Waals surface area contributed by atoms with Gasteiger partial charge in [0, 0.05) is 31.6 Å². The van der Waals surface area contributed by atoms with Crippen LogP contribution in [0.15, 0.2) is 24.3 Å². The monoisotopic (exact) mass is 647 g/mol. The van der Waals surface area contributed by atoms with Gasteiger partial charge in [-0.25, -0.2) is 0 Å². The second-order valence-electron chi connectivity index (χ2n) is 10.4. The lowest BCUT2D eigenvalue weighted by molar-refractivity contribution is -0.157. The van der Waals surface area contributed by atoms with E-state index in [-0.39, 0.29) is 18.6 Å². The van der Waals surface area contributed by atoms with Crippen LogP contribution in [-0.4, -0.2) is 125 Å². The molecule has 18 nitrogen and oxygen atoms in total. The molecule has 2 bridgehead atoms. The van der Waals surface area contributed by atoms with Crippen LogP contribution in [0.3, 0.4) is 0 Å². The van der Waals surface area contributed by atoms with E-state index in [1.54, 1.807) is 12.1 Å². The molecule has 1 aromatic rings. The maximum absolute atomic E-state index is 13.0. The van der Waals surface area contributed by atoms with Gasteiger partial charge in [0.1, 0.15) is 26.2 Å². The Morgan fingerprint density at radius 1 is 0.609 bits per heavy atom. The summed E-state index contributed by atoms with van der Waals surface area (Å²) in [7, 11) is 0. The fourth-order valence-corrected chi connectivity index (χ4v) is 4.54. The number of hydrogen-bond donors (Lipinski definition) is 4. The number of piperidine rings is 1. The van der Waals surface area contributed by atoms with Crippen LogP contribution >= 0.6 is 0 Å². The van der Waals surface area contributed by atoms with Crippen LogP contribution in [-0.2, 0) is 68.5 Å². The Morgan fingerprint density at radius 2 is 1.04 bits per heavy atom. The fraction of sp³-hybridized carbons (Fsp3) is 0.500. The fourth-order valence-electron chi connectivity index (χ4n) is 4.54. The normalized spacial score (nSPS) is 24.7. The number of amides is 4. The molecule has 4 heterocycles. The number of fused-ring (bicyclic) bond motifs is 2. The van der Waals surface area contributed by atoms with Crippen LogP contribution in [0.2, 0.25) is 0 Å². The van der Waals surface area contributed by atoms with E-state index in [2.05, 4.69) is 30.9 Å². The van der Waals surface area contributed by atoms with E-state index >= 15 is 0 Å². The summed E-state index contributed by atoms with van der Waals surface area (Å²) in [4.78, 5) is 99.0. The first kappa shape index (κ1) is 33.6. The second-order valence-corrected chi connectivity index (χ2v) is 10.4. The third kappa shape index (κ3) is 10.7. The molecule has 4 amide bonds. The SMILES string of the molecule is O=C1COC(=O)CNC(=O)COC(=O)CNC(=O)C(Cc2ccc(N3CC4CC(C3)O4)cc2)OC(=O)CNC(=O)COC(=O)CN1. The molecule has 4 fully saturated rings. The van der Waals surface area contributed by atoms with Crippen molar-refractivity contribution in [2.24, 2.45) is 0 Å². The highest BCUT2D eigenvalue weighted by molar-refractivity contribution is 5.90. The number of esters is 4. The molecule has 4 aliphatic rings. The molecule has 1 aromatic carbocycles. The number of nitrogens with one attached hydrogen (secondary N) is 4. The highest BCUT2D eigenvalue weighted by Gasteiger charge is 2.38. The topological polar surface area (TPSA) is 234 Å². The van der Waals surface area contributed by atoms with Crippen LogP contribution in [0.5, 0.6) is 0 Å². The van der Waals surface area contributed by atoms with Gasteiger partial charge in [-0.1, -0.05) is 12.1 Å². The van der Waals surface area contributed by atoms with Crippen molar-refractivity contribution in [3.63, 3.8) is 0 Å². The minimum Gasteiger partial charge on any atom is -0.454 e. The average molecular weight is 648 g/mol. The molecule has 0 aromatic heterocycles. The van der Waals surface area contributed by atoms with E-state index in [9.17, 15) is 38.4 Å². The summed E-state index contributed by atoms with van der Waals surface area (Å²) in [6.45, 7) is -3.50. The van der Waals surface area contributed by atoms with Crippen molar-refractivity contribution in [1.29, 1.82) is 0 Å². The minimum atomic E-state index is -1.43. The number of benzene rings is 1. The van der Waals surface area contributed by atoms with Crippen molar-refractivity contribution in [3.8, 4) is 0 Å². The molecule has 248 valence electrons. The van der Waals surface area contributed by atoms with E-state index in [0.717, 1.165) is 25.2 Å². The lowest BCUT2D eigenvalue weighted by Crippen LogP contribution is -2.57. The molecule has 3 unspecified atom stereocenters. The van der Waals surface area contributed by atoms with Gasteiger partial charge >= 0.3 is 23.9 Å². The van der Waals surface area contributed by atoms with Crippen LogP contribution in [0.1, 0.15) is 12.0 Å². The largest absolute Gasteiger partial charge is 0.454 e. The van der Waals surface area contributed by atoms with Gasteiger partial charge < -0.3 is 49.9 Å². The lowest BCUT2D eigenvalue weighted by atomic mass is 9.98. The first-order valence-corrected chi connectivity index (χ1v) is 14.3. The number of morpholine rings is 1. The Morgan fingerprint density at radius 3 is 1.52 bits per heavy atom. The minimum absolute atomic E-state index is 0.0863. The van der Waals surface area contributed by atoms with Gasteiger partial charge in [-0.15, -0.1) is 0 Å². The van der Waals surface area contributed by atoms with E-state index in [0.29, 0.717) is 5.56 Å². The predicted octanol–water partition coefficient (Wildman–Crippen LogP) is -3.77. The zero-order valence-corrected chi connectivity index (χ0v) is 24.6. The van der Waals surface area contributed by atoms with Crippen LogP contribution < -0.4 is 26.2 Å². The molecule has 4 saturated heterocycles. The van der Waals surface area contributed by atoms with Crippen LogP contribution in [0.4, 0.5) is 5.69 Å². The van der Waals surface area contributed by atoms with Crippen molar-refractivity contribution in [2.45, 2.75) is 31.2 Å². The van der Waals surface area contributed by atoms with Crippen molar-refractivity contribution >= 4 is 53.2 Å². The highest BCUT2D eigenvalue weighted by Crippen LogP contribution is 2.31. The van der Waals surface area contributed by atoms with Gasteiger partial charge in [0.15, 0.2) is 25.9 Å². The maximum Gasteiger partial charge on any atom is 0.326 e. The van der Waals surface area contributed by atoms with Gasteiger partial charge in [-0.3, -0.25) is 38.4 Å². The number of carbonyl (C=O) groups is 8. The zero-order valence-electron chi connectivity index (χ0n) is 24.6. The molecule has 18 heteroatoms. The van der Waals surface area contributed by atoms with Crippen LogP contribution in [0.25, 0.3) is 0 Å². The van der Waals surface area contributed by atoms with Crippen molar-refractivity contribution < 1.29 is 62.0 Å². The summed E-state index contributed by atoms with van der Waals surface area (Å²) in [6.07, 6.45) is -0.0571. The zero-order chi connectivity index (χ0) is 33.1. The summed E-state index contributed by atoms with van der Waals surface area (Å²) >= 11 is 0. The van der Waals surface area contributed by atoms with Crippen molar-refractivity contribution in [1.82, 2.24) is 21.3 Å². The van der Waals surface area contributed by atoms with Gasteiger partial charge in [0.2, 0.25) is 0 Å². The Bertz CT molecular complexity index is 1340. The molecule has 46 heavy (non-hydrogen) atoms. The smallest absolute Gasteiger partial charge is 0.326 e. The number of cyclic esters (lactones) is 4. The standard InChI is InChI=1S/C28H33N5O13/c34-21-13-42-24(37)7-30-22(35)14-44-26(39)9-32-28(41)20(46-27(40)10-31-23(36)15-43-25(38)8-29-21)5-16-1-3-17(4-2-16)33-11-18-6-19(12-33)45-18/h1-4,18-20H,5-15H2,(H,29,34)(H,30,35)(H,31,36)(H,32,41). The summed E-state index contributed by atoms with van der Waals surface area (Å²) in [6, 6.07) is 7.28. The molecule has 0 saturated carbocycles. The molecule has 0 spiro atoms. The Kier molecular flexibility index (Phi) is 11.8. The number of hydrogen-bond acceptors (Lipinski definition) is 14. The quantitative estimate of drug-likeness (QED) is 0.182. The Balaban J connectivity index is 1.37. The third-order valence-corrected chi connectivity index (χ3v) is 6.84. The summed E-state index contributed by atoms with van der Waals surface area (Å²) in [5.41, 5.74) is 1.59. The molecule has 5 rings (SSSR count). The van der Waals surface area contributed by atoms with Gasteiger partial charge in [0.05, 0.1) is 12.2 Å². The van der Waals surface area contributed by atoms with E-state index in [1.807, 2.05) is 12.1 Å². The number of anilines is 1. The second kappa shape index (κ2) is 16.2. The molecule has 4 N–H and O–H groups in total. The molecular formula is C28H33N5O13. The first-order chi connectivity index (χ1) is 22.0. The molecular weight excluding hydrogens is 614 g/mol. The average Bonchev–Trinajstić information content (AvgIpc) is 3.04. The van der Waals surface area contributed by atoms with Crippen molar-refractivity contribution in [3.05, 3.63) is 29.8 Å². The van der Waals surface area contributed by atoms with E-state index < -0.39 is 99.6 Å². The molecule has 0 aliphatic carbocycles. The summed E-state index contributed by atoms with van der Waals surface area (Å²) < 4.78 is 25.1. The molecule has 3 atom stereocenters. The van der Waals surface area contributed by atoms with Crippen LogP contribution in [0, 0.1) is 0 Å². The lowest BCUT2D eigenvalue weighted by Gasteiger charge is -2.48. The highest BCUT2D eigenvalue weighted by atomic mass is 16.6. The number of nitrogens with zero attached hydrogens (tertiary/aromatic N) is 1. The van der Waals surface area contributed by atoms with Gasteiger partial charge in [-0.05, 0) is 17.7 Å². The third-order valence-electron chi connectivity index (χ3n) is 6.84. The Hall–Kier alpha value is -5.26. The van der Waals surface area contributed by atoms with Gasteiger partial charge in [0.25, 0.3) is 23.6 Å². The van der Waals surface area contributed by atoms with Crippen molar-refractivity contribution in [2.75, 3.05) is 64.0 Å². The molecule has 0 radical (unpaired) electrons. The summed E-state index contributed by atoms with van der Waals surface area (Å²) in [5.74, 6) is -7.46. The van der Waals surface area contributed by atoms with Gasteiger partial charge in [-0.2, -0.15) is 0 Å². The molecule has 4 aliphatic heterocycles. The number of rotatable bonds is 3. The first-order valence-electron chi connectivity index (χ1n) is 14.3. The number of ether oxygens (including phenoxy) is 5. The maximum atomic E-state index is 13.0. The summed E-state index contributed by atoms with van der Waals surface area (Å²) in [5, 5.41) is 8.69. The van der Waals surface area contributed by atoms with E-state index in [1.165, 1.54) is 0 Å².